The molecule has 0 bridgehead atoms. The van der Waals surface area contributed by atoms with Gasteiger partial charge in [0.25, 0.3) is 5.91 Å². The predicted molar refractivity (Wildman–Crippen MR) is 199 cm³/mol. The van der Waals surface area contributed by atoms with E-state index in [0.717, 1.165) is 22.3 Å². The summed E-state index contributed by atoms with van der Waals surface area (Å²) in [4.78, 5) is 40.5. The zero-order valence-corrected chi connectivity index (χ0v) is 28.5. The number of aromatic nitrogens is 4. The van der Waals surface area contributed by atoms with E-state index in [1.807, 2.05) is 91.3 Å². The molecule has 0 saturated heterocycles. The number of ether oxygens (including phenoxy) is 2. The van der Waals surface area contributed by atoms with E-state index < -0.39 is 0 Å². The Bertz CT molecular complexity index is 2140. The number of fused-ring (bicyclic) bond motifs is 1. The SMILES string of the molecule is Cc1ccc(OCCOc2cccc3c2ccn3-c2ccnc(Nc3cccc(NC(=O)c4ccc(NC(=O)/C=C/CN(C)C)cc4)c3)n2)cn1. The van der Waals surface area contributed by atoms with Crippen LogP contribution in [0.4, 0.5) is 23.0 Å². The van der Waals surface area contributed by atoms with Gasteiger partial charge in [0.2, 0.25) is 11.9 Å². The predicted octanol–water partition coefficient (Wildman–Crippen LogP) is 6.63. The number of likely N-dealkylation sites (N-methyl/N-ethyl adjacent to an activating group) is 1. The van der Waals surface area contributed by atoms with Crippen molar-refractivity contribution in [2.45, 2.75) is 6.92 Å². The van der Waals surface area contributed by atoms with Crippen LogP contribution in [0.25, 0.3) is 16.7 Å². The maximum Gasteiger partial charge on any atom is 0.255 e. The first-order valence-electron chi connectivity index (χ1n) is 16.3. The van der Waals surface area contributed by atoms with Crippen LogP contribution in [0.3, 0.4) is 0 Å². The second-order valence-electron chi connectivity index (χ2n) is 11.8. The molecule has 0 aliphatic rings. The van der Waals surface area contributed by atoms with E-state index in [-0.39, 0.29) is 11.8 Å². The van der Waals surface area contributed by atoms with Crippen molar-refractivity contribution in [3.63, 3.8) is 0 Å². The largest absolute Gasteiger partial charge is 0.489 e. The quantitative estimate of drug-likeness (QED) is 0.0854. The molecule has 258 valence electrons. The minimum Gasteiger partial charge on any atom is -0.489 e. The molecular weight excluding hydrogens is 644 g/mol. The zero-order valence-electron chi connectivity index (χ0n) is 28.5. The van der Waals surface area contributed by atoms with E-state index in [1.165, 1.54) is 6.08 Å². The first kappa shape index (κ1) is 34.3. The Kier molecular flexibility index (Phi) is 10.9. The molecule has 6 rings (SSSR count). The number of anilines is 4. The molecule has 0 radical (unpaired) electrons. The minimum atomic E-state index is -0.284. The van der Waals surface area contributed by atoms with Gasteiger partial charge < -0.3 is 34.9 Å². The molecule has 3 aromatic heterocycles. The zero-order chi connectivity index (χ0) is 35.6. The number of nitrogens with one attached hydrogen (secondary N) is 3. The Morgan fingerprint density at radius 1 is 0.843 bits per heavy atom. The van der Waals surface area contributed by atoms with Crippen LogP contribution in [0.5, 0.6) is 11.5 Å². The van der Waals surface area contributed by atoms with Gasteiger partial charge in [-0.25, -0.2) is 4.98 Å². The normalized spacial score (nSPS) is 11.1. The third-order valence-corrected chi connectivity index (χ3v) is 7.61. The molecule has 3 heterocycles. The summed E-state index contributed by atoms with van der Waals surface area (Å²) in [5.41, 5.74) is 4.20. The lowest BCUT2D eigenvalue weighted by Crippen LogP contribution is -2.13. The van der Waals surface area contributed by atoms with E-state index in [2.05, 4.69) is 25.9 Å². The Hall–Kier alpha value is -6.53. The van der Waals surface area contributed by atoms with Crippen molar-refractivity contribution in [3.05, 3.63) is 133 Å². The molecule has 0 aliphatic heterocycles. The summed E-state index contributed by atoms with van der Waals surface area (Å²) >= 11 is 0. The van der Waals surface area contributed by atoms with E-state index in [0.29, 0.717) is 59.9 Å². The highest BCUT2D eigenvalue weighted by molar-refractivity contribution is 6.05. The summed E-state index contributed by atoms with van der Waals surface area (Å²) in [5, 5.41) is 9.89. The van der Waals surface area contributed by atoms with Crippen molar-refractivity contribution in [1.82, 2.24) is 24.4 Å². The molecule has 3 N–H and O–H groups in total. The average molecular weight is 683 g/mol. The summed E-state index contributed by atoms with van der Waals surface area (Å²) in [6, 6.07) is 27.5. The van der Waals surface area contributed by atoms with Crippen molar-refractivity contribution in [3.8, 4) is 17.3 Å². The Morgan fingerprint density at radius 3 is 2.45 bits per heavy atom. The van der Waals surface area contributed by atoms with Crippen LogP contribution in [0.2, 0.25) is 0 Å². The minimum absolute atomic E-state index is 0.233. The highest BCUT2D eigenvalue weighted by Crippen LogP contribution is 2.29. The highest BCUT2D eigenvalue weighted by Gasteiger charge is 2.12. The van der Waals surface area contributed by atoms with Crippen LogP contribution < -0.4 is 25.4 Å². The molecule has 12 heteroatoms. The lowest BCUT2D eigenvalue weighted by molar-refractivity contribution is -0.111. The number of benzene rings is 3. The number of amides is 2. The van der Waals surface area contributed by atoms with Gasteiger partial charge in [-0.1, -0.05) is 18.2 Å². The van der Waals surface area contributed by atoms with Gasteiger partial charge in [0.05, 0.1) is 11.7 Å². The molecular formula is C39H38N8O4. The average Bonchev–Trinajstić information content (AvgIpc) is 3.56. The number of hydrogen-bond donors (Lipinski definition) is 3. The molecule has 51 heavy (non-hydrogen) atoms. The molecule has 0 spiro atoms. The van der Waals surface area contributed by atoms with E-state index in [1.54, 1.807) is 54.9 Å². The first-order valence-corrected chi connectivity index (χ1v) is 16.3. The summed E-state index contributed by atoms with van der Waals surface area (Å²) in [7, 11) is 3.85. The van der Waals surface area contributed by atoms with Gasteiger partial charge in [-0.3, -0.25) is 14.6 Å². The number of pyridine rings is 1. The molecule has 0 unspecified atom stereocenters. The summed E-state index contributed by atoms with van der Waals surface area (Å²) < 4.78 is 13.8. The van der Waals surface area contributed by atoms with Gasteiger partial charge in [-0.05, 0) is 99.9 Å². The number of carbonyl (C=O) groups excluding carboxylic acids is 2. The Balaban J connectivity index is 1.06. The van der Waals surface area contributed by atoms with Gasteiger partial charge in [-0.15, -0.1) is 0 Å². The van der Waals surface area contributed by atoms with Crippen LogP contribution in [-0.4, -0.2) is 70.1 Å². The van der Waals surface area contributed by atoms with Crippen molar-refractivity contribution in [2.24, 2.45) is 0 Å². The molecule has 0 fully saturated rings. The van der Waals surface area contributed by atoms with E-state index >= 15 is 0 Å². The topological polar surface area (TPSA) is 136 Å². The van der Waals surface area contributed by atoms with Crippen LogP contribution >= 0.6 is 0 Å². The molecule has 0 saturated carbocycles. The monoisotopic (exact) mass is 682 g/mol. The van der Waals surface area contributed by atoms with Gasteiger partial charge >= 0.3 is 0 Å². The summed E-state index contributed by atoms with van der Waals surface area (Å²) in [5.74, 6) is 1.99. The van der Waals surface area contributed by atoms with E-state index in [9.17, 15) is 9.59 Å². The first-order chi connectivity index (χ1) is 24.8. The fourth-order valence-corrected chi connectivity index (χ4v) is 5.13. The Morgan fingerprint density at radius 2 is 1.65 bits per heavy atom. The van der Waals surface area contributed by atoms with Gasteiger partial charge in [-0.2, -0.15) is 4.98 Å². The smallest absolute Gasteiger partial charge is 0.255 e. The van der Waals surface area contributed by atoms with Crippen molar-refractivity contribution in [2.75, 3.05) is 49.8 Å². The molecule has 0 aliphatic carbocycles. The van der Waals surface area contributed by atoms with Gasteiger partial charge in [0, 0.05) is 58.7 Å². The molecule has 3 aromatic carbocycles. The number of hydrogen-bond acceptors (Lipinski definition) is 9. The summed E-state index contributed by atoms with van der Waals surface area (Å²) in [6.07, 6.45) is 8.60. The van der Waals surface area contributed by atoms with Crippen molar-refractivity contribution >= 4 is 45.7 Å². The molecule has 6 aromatic rings. The van der Waals surface area contributed by atoms with Crippen LogP contribution in [0.1, 0.15) is 16.1 Å². The second-order valence-corrected chi connectivity index (χ2v) is 11.8. The van der Waals surface area contributed by atoms with Crippen molar-refractivity contribution < 1.29 is 19.1 Å². The summed E-state index contributed by atoms with van der Waals surface area (Å²) in [6.45, 7) is 3.36. The molecule has 2 amide bonds. The molecule has 0 atom stereocenters. The van der Waals surface area contributed by atoms with Crippen LogP contribution in [-0.2, 0) is 4.79 Å². The number of rotatable bonds is 14. The highest BCUT2D eigenvalue weighted by atomic mass is 16.5. The third-order valence-electron chi connectivity index (χ3n) is 7.61. The lowest BCUT2D eigenvalue weighted by Gasteiger charge is -2.11. The third kappa shape index (κ3) is 9.34. The lowest BCUT2D eigenvalue weighted by atomic mass is 10.2. The standard InChI is InChI=1S/C39H38N8O4/c1-27-12-17-32(26-41-27)50-23-24-51-35-10-5-9-34-33(35)19-22-47(34)36-18-20-40-39(45-36)44-31-8-4-7-30(25-31)43-38(49)28-13-15-29(16-14-28)42-37(48)11-6-21-46(2)3/h4-20,22,25-26H,21,23-24H2,1-3H3,(H,42,48)(H,43,49)(H,40,44,45)/b11-6+. The Labute approximate surface area is 295 Å². The maximum atomic E-state index is 13.0. The van der Waals surface area contributed by atoms with Crippen molar-refractivity contribution in [1.29, 1.82) is 0 Å². The number of aryl methyl sites for hydroxylation is 1. The van der Waals surface area contributed by atoms with Gasteiger partial charge in [0.1, 0.15) is 30.5 Å². The van der Waals surface area contributed by atoms with Crippen LogP contribution in [0, 0.1) is 6.92 Å². The van der Waals surface area contributed by atoms with Crippen LogP contribution in [0.15, 0.2) is 122 Å². The maximum absolute atomic E-state index is 13.0. The fourth-order valence-electron chi connectivity index (χ4n) is 5.13. The number of carbonyl (C=O) groups is 2. The molecule has 12 nitrogen and oxygen atoms in total. The fraction of sp³-hybridized carbons (Fsp3) is 0.154. The second kappa shape index (κ2) is 16.2. The van der Waals surface area contributed by atoms with Gasteiger partial charge in [0.15, 0.2) is 0 Å². The van der Waals surface area contributed by atoms with E-state index in [4.69, 9.17) is 14.5 Å². The number of nitrogens with zero attached hydrogens (tertiary/aromatic N) is 5.